The second-order valence-electron chi connectivity index (χ2n) is 5.83. The molecule has 3 rings (SSSR count). The highest BCUT2D eigenvalue weighted by Crippen LogP contribution is 2.15. The van der Waals surface area contributed by atoms with Gasteiger partial charge in [0.25, 0.3) is 0 Å². The highest BCUT2D eigenvalue weighted by Gasteiger charge is 2.14. The minimum Gasteiger partial charge on any atom is -0.211 e. The number of rotatable bonds is 6. The van der Waals surface area contributed by atoms with E-state index in [0.29, 0.717) is 18.7 Å². The summed E-state index contributed by atoms with van der Waals surface area (Å²) in [7, 11) is -3.60. The van der Waals surface area contributed by atoms with Gasteiger partial charge in [-0.05, 0) is 60.0 Å². The van der Waals surface area contributed by atoms with E-state index in [9.17, 15) is 8.42 Å². The summed E-state index contributed by atoms with van der Waals surface area (Å²) < 4.78 is 29.1. The van der Waals surface area contributed by atoms with Crippen molar-refractivity contribution in [2.45, 2.75) is 25.2 Å². The summed E-state index contributed by atoms with van der Waals surface area (Å²) in [6, 6.07) is 12.7. The fourth-order valence-corrected chi connectivity index (χ4v) is 3.67. The van der Waals surface area contributed by atoms with Crippen molar-refractivity contribution in [2.24, 2.45) is 0 Å². The molecule has 1 N–H and O–H groups in total. The molecule has 3 aromatic rings. The van der Waals surface area contributed by atoms with E-state index in [1.54, 1.807) is 18.2 Å². The predicted molar refractivity (Wildman–Crippen MR) is 94.0 cm³/mol. The standard InChI is InChI=1S/C17H19N5O2S/c1-13-6-7-15(14(2)10-13)8-9-19-25(23,24)17-5-3-4-16(11-17)22-12-18-20-21-22/h3-7,10-12,19H,8-9H2,1-2H3. The van der Waals surface area contributed by atoms with Crippen LogP contribution in [-0.2, 0) is 16.4 Å². The van der Waals surface area contributed by atoms with Gasteiger partial charge in [-0.15, -0.1) is 5.10 Å². The van der Waals surface area contributed by atoms with Gasteiger partial charge in [-0.2, -0.15) is 0 Å². The van der Waals surface area contributed by atoms with Gasteiger partial charge in [0, 0.05) is 6.54 Å². The van der Waals surface area contributed by atoms with E-state index in [4.69, 9.17) is 0 Å². The molecule has 8 heteroatoms. The Morgan fingerprint density at radius 3 is 2.68 bits per heavy atom. The van der Waals surface area contributed by atoms with E-state index in [2.05, 4.69) is 26.3 Å². The Balaban J connectivity index is 1.71. The van der Waals surface area contributed by atoms with E-state index < -0.39 is 10.0 Å². The summed E-state index contributed by atoms with van der Waals surface area (Å²) in [5.74, 6) is 0. The van der Waals surface area contributed by atoms with Crippen LogP contribution in [0.2, 0.25) is 0 Å². The maximum absolute atomic E-state index is 12.5. The molecule has 25 heavy (non-hydrogen) atoms. The Morgan fingerprint density at radius 1 is 1.12 bits per heavy atom. The van der Waals surface area contributed by atoms with Crippen molar-refractivity contribution >= 4 is 10.0 Å². The largest absolute Gasteiger partial charge is 0.240 e. The summed E-state index contributed by atoms with van der Waals surface area (Å²) in [5.41, 5.74) is 4.08. The minimum atomic E-state index is -3.60. The number of tetrazole rings is 1. The molecular formula is C17H19N5O2S. The first-order valence-corrected chi connectivity index (χ1v) is 9.33. The Labute approximate surface area is 146 Å². The van der Waals surface area contributed by atoms with Crippen LogP contribution in [0.3, 0.4) is 0 Å². The van der Waals surface area contributed by atoms with Crippen LogP contribution >= 0.6 is 0 Å². The van der Waals surface area contributed by atoms with Crippen LogP contribution in [0, 0.1) is 13.8 Å². The molecule has 0 aliphatic heterocycles. The third-order valence-corrected chi connectivity index (χ3v) is 5.38. The fraction of sp³-hybridized carbons (Fsp3) is 0.235. The van der Waals surface area contributed by atoms with Crippen LogP contribution in [0.4, 0.5) is 0 Å². The fourth-order valence-electron chi connectivity index (χ4n) is 2.60. The SMILES string of the molecule is Cc1ccc(CCNS(=O)(=O)c2cccc(-n3cnnn3)c2)c(C)c1. The van der Waals surface area contributed by atoms with Crippen LogP contribution in [-0.4, -0.2) is 35.2 Å². The number of hydrogen-bond acceptors (Lipinski definition) is 5. The molecule has 1 heterocycles. The van der Waals surface area contributed by atoms with Crippen LogP contribution in [0.25, 0.3) is 5.69 Å². The van der Waals surface area contributed by atoms with E-state index in [1.165, 1.54) is 28.2 Å². The lowest BCUT2D eigenvalue weighted by molar-refractivity contribution is 0.581. The lowest BCUT2D eigenvalue weighted by Gasteiger charge is -2.10. The number of aryl methyl sites for hydroxylation is 2. The van der Waals surface area contributed by atoms with E-state index >= 15 is 0 Å². The Bertz CT molecular complexity index is 968. The summed E-state index contributed by atoms with van der Waals surface area (Å²) in [6.07, 6.45) is 2.05. The second kappa shape index (κ2) is 7.12. The first kappa shape index (κ1) is 17.2. The zero-order valence-electron chi connectivity index (χ0n) is 14.0. The van der Waals surface area contributed by atoms with E-state index in [1.807, 2.05) is 26.0 Å². The Kier molecular flexibility index (Phi) is 4.91. The molecule has 0 atom stereocenters. The maximum atomic E-state index is 12.5. The first-order valence-electron chi connectivity index (χ1n) is 7.85. The van der Waals surface area contributed by atoms with Crippen LogP contribution in [0.5, 0.6) is 0 Å². The van der Waals surface area contributed by atoms with Crippen molar-refractivity contribution in [1.82, 2.24) is 24.9 Å². The van der Waals surface area contributed by atoms with Crippen molar-refractivity contribution in [2.75, 3.05) is 6.54 Å². The Hall–Kier alpha value is -2.58. The molecule has 0 radical (unpaired) electrons. The maximum Gasteiger partial charge on any atom is 0.240 e. The topological polar surface area (TPSA) is 89.8 Å². The molecule has 0 fully saturated rings. The number of benzene rings is 2. The molecular weight excluding hydrogens is 338 g/mol. The minimum absolute atomic E-state index is 0.182. The Morgan fingerprint density at radius 2 is 1.96 bits per heavy atom. The summed E-state index contributed by atoms with van der Waals surface area (Å²) >= 11 is 0. The van der Waals surface area contributed by atoms with E-state index in [-0.39, 0.29) is 4.90 Å². The van der Waals surface area contributed by atoms with E-state index in [0.717, 1.165) is 5.56 Å². The summed E-state index contributed by atoms with van der Waals surface area (Å²) in [6.45, 7) is 4.41. The molecule has 0 unspecified atom stereocenters. The van der Waals surface area contributed by atoms with Crippen molar-refractivity contribution < 1.29 is 8.42 Å². The van der Waals surface area contributed by atoms with Gasteiger partial charge in [0.1, 0.15) is 6.33 Å². The van der Waals surface area contributed by atoms with Crippen molar-refractivity contribution in [3.63, 3.8) is 0 Å². The van der Waals surface area contributed by atoms with Gasteiger partial charge in [-0.1, -0.05) is 29.8 Å². The smallest absolute Gasteiger partial charge is 0.211 e. The number of aromatic nitrogens is 4. The van der Waals surface area contributed by atoms with Crippen LogP contribution < -0.4 is 4.72 Å². The molecule has 0 spiro atoms. The van der Waals surface area contributed by atoms with Crippen molar-refractivity contribution in [1.29, 1.82) is 0 Å². The highest BCUT2D eigenvalue weighted by molar-refractivity contribution is 7.89. The normalized spacial score (nSPS) is 11.6. The molecule has 7 nitrogen and oxygen atoms in total. The predicted octanol–water partition coefficient (Wildman–Crippen LogP) is 1.80. The number of sulfonamides is 1. The third kappa shape index (κ3) is 4.09. The van der Waals surface area contributed by atoms with Gasteiger partial charge in [-0.25, -0.2) is 17.8 Å². The average molecular weight is 357 g/mol. The van der Waals surface area contributed by atoms with Gasteiger partial charge in [0.15, 0.2) is 0 Å². The van der Waals surface area contributed by atoms with Gasteiger partial charge >= 0.3 is 0 Å². The number of nitrogens with zero attached hydrogens (tertiary/aromatic N) is 4. The van der Waals surface area contributed by atoms with Gasteiger partial charge in [0.05, 0.1) is 10.6 Å². The van der Waals surface area contributed by atoms with Crippen LogP contribution in [0.15, 0.2) is 53.7 Å². The molecule has 1 aromatic heterocycles. The average Bonchev–Trinajstić information content (AvgIpc) is 3.11. The summed E-state index contributed by atoms with van der Waals surface area (Å²) in [4.78, 5) is 0.182. The van der Waals surface area contributed by atoms with Crippen LogP contribution in [0.1, 0.15) is 16.7 Å². The first-order chi connectivity index (χ1) is 12.0. The zero-order valence-corrected chi connectivity index (χ0v) is 14.9. The summed E-state index contributed by atoms with van der Waals surface area (Å²) in [5, 5.41) is 10.9. The quantitative estimate of drug-likeness (QED) is 0.726. The monoisotopic (exact) mass is 357 g/mol. The molecule has 130 valence electrons. The molecule has 0 amide bonds. The molecule has 2 aromatic carbocycles. The molecule has 0 saturated heterocycles. The number of nitrogens with one attached hydrogen (secondary N) is 1. The molecule has 0 aliphatic rings. The van der Waals surface area contributed by atoms with Crippen molar-refractivity contribution in [3.8, 4) is 5.69 Å². The molecule has 0 saturated carbocycles. The zero-order chi connectivity index (χ0) is 17.9. The highest BCUT2D eigenvalue weighted by atomic mass is 32.2. The lowest BCUT2D eigenvalue weighted by Crippen LogP contribution is -2.26. The number of hydrogen-bond donors (Lipinski definition) is 1. The van der Waals surface area contributed by atoms with Crippen molar-refractivity contribution in [3.05, 3.63) is 65.5 Å². The lowest BCUT2D eigenvalue weighted by atomic mass is 10.0. The van der Waals surface area contributed by atoms with Gasteiger partial charge in [0.2, 0.25) is 10.0 Å². The second-order valence-corrected chi connectivity index (χ2v) is 7.60. The molecule has 0 aliphatic carbocycles. The molecule has 0 bridgehead atoms. The third-order valence-electron chi connectivity index (χ3n) is 3.93. The van der Waals surface area contributed by atoms with Gasteiger partial charge in [-0.3, -0.25) is 0 Å². The van der Waals surface area contributed by atoms with Gasteiger partial charge < -0.3 is 0 Å².